The highest BCUT2D eigenvalue weighted by Crippen LogP contribution is 2.24. The number of alkyl carbamates (subject to hydrolysis) is 2. The van der Waals surface area contributed by atoms with Gasteiger partial charge in [-0.3, -0.25) is 43.2 Å². The number of carboxylic acid groups (broad SMARTS) is 1. The second kappa shape index (κ2) is 38.5. The van der Waals surface area contributed by atoms with Crippen molar-refractivity contribution in [2.45, 2.75) is 246 Å². The zero-order chi connectivity index (χ0) is 72.5. The number of nitrogens with one attached hydrogen (secondary N) is 9. The minimum absolute atomic E-state index is 0.0172. The summed E-state index contributed by atoms with van der Waals surface area (Å²) in [5.41, 5.74) is 6.31. The third-order valence-corrected chi connectivity index (χ3v) is 16.3. The number of benzene rings is 2. The van der Waals surface area contributed by atoms with Crippen LogP contribution in [0.4, 0.5) is 9.59 Å². The molecule has 0 unspecified atom stereocenters. The Morgan fingerprint density at radius 1 is 0.485 bits per heavy atom. The van der Waals surface area contributed by atoms with Crippen LogP contribution >= 0.6 is 0 Å². The highest BCUT2D eigenvalue weighted by Gasteiger charge is 2.43. The highest BCUT2D eigenvalue weighted by atomic mass is 16.6. The fourth-order valence-electron chi connectivity index (χ4n) is 11.5. The number of rotatable bonds is 35. The van der Waals surface area contributed by atoms with E-state index in [0.29, 0.717) is 24.8 Å². The highest BCUT2D eigenvalue weighted by molar-refractivity contribution is 5.99. The maximum absolute atomic E-state index is 15.1. The van der Waals surface area contributed by atoms with Crippen molar-refractivity contribution in [1.82, 2.24) is 57.7 Å². The molecule has 2 aliphatic heterocycles. The molecule has 2 saturated heterocycles. The summed E-state index contributed by atoms with van der Waals surface area (Å²) in [4.78, 5) is 170. The number of aliphatic carboxylic acids is 1. The lowest BCUT2D eigenvalue weighted by Gasteiger charge is -2.32. The van der Waals surface area contributed by atoms with E-state index in [9.17, 15) is 57.8 Å². The van der Waals surface area contributed by atoms with Crippen molar-refractivity contribution in [2.24, 2.45) is 29.4 Å². The number of amides is 11. The number of nitrogens with zero attached hydrogens (tertiary/aromatic N) is 2. The van der Waals surface area contributed by atoms with Crippen LogP contribution in [-0.4, -0.2) is 184 Å². The van der Waals surface area contributed by atoms with Gasteiger partial charge in [-0.05, 0) is 147 Å². The first-order valence-electron chi connectivity index (χ1n) is 34.2. The fourth-order valence-corrected chi connectivity index (χ4v) is 11.5. The number of nitrogens with two attached hydrogens (primary N) is 1. The van der Waals surface area contributed by atoms with Gasteiger partial charge < -0.3 is 78.0 Å². The summed E-state index contributed by atoms with van der Waals surface area (Å²) in [6.45, 7) is 24.7. The van der Waals surface area contributed by atoms with Gasteiger partial charge >= 0.3 is 18.2 Å². The first kappa shape index (κ1) is 81.1. The van der Waals surface area contributed by atoms with Crippen LogP contribution in [0.15, 0.2) is 60.7 Å². The van der Waals surface area contributed by atoms with Crippen molar-refractivity contribution >= 4 is 71.3 Å². The van der Waals surface area contributed by atoms with Gasteiger partial charge in [0.1, 0.15) is 65.6 Å². The Hall–Kier alpha value is -8.36. The molecule has 0 aromatic heterocycles. The number of likely N-dealkylation sites (tertiary alicyclic amines) is 2. The number of carbonyl (C=O) groups excluding carboxylic acids is 11. The molecule has 2 aliphatic rings. The topological polar surface area (TPSA) is 384 Å². The fraction of sp³-hybridized carbons (Fsp3) is 0.657. The number of hydrogen-bond donors (Lipinski definition) is 11. The summed E-state index contributed by atoms with van der Waals surface area (Å²) in [5.74, 6) is -8.87. The molecule has 540 valence electrons. The molecule has 0 radical (unpaired) electrons. The predicted octanol–water partition coefficient (Wildman–Crippen LogP) is 4.27. The van der Waals surface area contributed by atoms with Crippen molar-refractivity contribution < 1.29 is 72.1 Å². The van der Waals surface area contributed by atoms with Gasteiger partial charge in [0.05, 0.1) is 6.04 Å². The van der Waals surface area contributed by atoms with E-state index >= 15 is 4.79 Å². The van der Waals surface area contributed by atoms with E-state index < -0.39 is 155 Å². The Morgan fingerprint density at radius 2 is 0.845 bits per heavy atom. The van der Waals surface area contributed by atoms with Crippen molar-refractivity contribution in [3.05, 3.63) is 71.8 Å². The molecule has 2 heterocycles. The molecule has 0 saturated carbocycles. The Bertz CT molecular complexity index is 2970. The molecule has 27 heteroatoms. The first-order chi connectivity index (χ1) is 45.4. The Kier molecular flexibility index (Phi) is 32.2. The van der Waals surface area contributed by atoms with Crippen molar-refractivity contribution in [1.29, 1.82) is 0 Å². The molecule has 10 atom stereocenters. The van der Waals surface area contributed by atoms with Gasteiger partial charge in [0.15, 0.2) is 0 Å². The Balaban J connectivity index is 1.59. The molecule has 2 aromatic rings. The van der Waals surface area contributed by atoms with Crippen LogP contribution < -0.4 is 53.6 Å². The predicted molar refractivity (Wildman–Crippen MR) is 364 cm³/mol. The van der Waals surface area contributed by atoms with Crippen LogP contribution in [0.25, 0.3) is 0 Å². The molecule has 2 aromatic carbocycles. The summed E-state index contributed by atoms with van der Waals surface area (Å²) < 4.78 is 10.7. The third-order valence-electron chi connectivity index (χ3n) is 16.3. The van der Waals surface area contributed by atoms with Crippen LogP contribution in [0.1, 0.15) is 172 Å². The lowest BCUT2D eigenvalue weighted by atomic mass is 9.99. The van der Waals surface area contributed by atoms with Crippen molar-refractivity contribution in [2.75, 3.05) is 26.2 Å². The lowest BCUT2D eigenvalue weighted by molar-refractivity contribution is -0.143. The normalized spacial score (nSPS) is 17.3. The first-order valence-corrected chi connectivity index (χ1v) is 34.2. The van der Waals surface area contributed by atoms with Crippen molar-refractivity contribution in [3.63, 3.8) is 0 Å². The average Bonchev–Trinajstić information content (AvgIpc) is 1.80. The van der Waals surface area contributed by atoms with E-state index in [1.807, 2.05) is 44.2 Å². The molecule has 11 amide bonds. The summed E-state index contributed by atoms with van der Waals surface area (Å²) in [7, 11) is 0. The zero-order valence-corrected chi connectivity index (χ0v) is 59.3. The van der Waals surface area contributed by atoms with Gasteiger partial charge in [0, 0.05) is 32.6 Å². The van der Waals surface area contributed by atoms with Crippen LogP contribution in [0.3, 0.4) is 0 Å². The van der Waals surface area contributed by atoms with Gasteiger partial charge in [-0.15, -0.1) is 0 Å². The lowest BCUT2D eigenvalue weighted by Crippen LogP contribution is -2.61. The average molecular weight is 1360 g/mol. The smallest absolute Gasteiger partial charge is 0.407 e. The van der Waals surface area contributed by atoms with Crippen LogP contribution in [-0.2, 0) is 70.3 Å². The van der Waals surface area contributed by atoms with Gasteiger partial charge in [-0.1, -0.05) is 116 Å². The van der Waals surface area contributed by atoms with E-state index in [1.54, 1.807) is 113 Å². The maximum atomic E-state index is 15.1. The van der Waals surface area contributed by atoms with Crippen LogP contribution in [0, 0.1) is 23.7 Å². The number of carboxylic acids is 1. The molecular formula is C70H110N12O15. The Morgan fingerprint density at radius 3 is 1.24 bits per heavy atom. The van der Waals surface area contributed by atoms with Crippen LogP contribution in [0.5, 0.6) is 0 Å². The van der Waals surface area contributed by atoms with Gasteiger partial charge in [0.2, 0.25) is 53.2 Å². The maximum Gasteiger partial charge on any atom is 0.407 e. The summed E-state index contributed by atoms with van der Waals surface area (Å²) in [6, 6.07) is 6.07. The van der Waals surface area contributed by atoms with E-state index in [2.05, 4.69) is 47.9 Å². The molecule has 27 nitrogen and oxygen atoms in total. The second-order valence-electron chi connectivity index (χ2n) is 28.9. The van der Waals surface area contributed by atoms with Crippen molar-refractivity contribution in [3.8, 4) is 0 Å². The third kappa shape index (κ3) is 28.0. The summed E-state index contributed by atoms with van der Waals surface area (Å²) in [6.07, 6.45) is 0.496. The molecule has 4 rings (SSSR count). The quantitative estimate of drug-likeness (QED) is 0.0429. The van der Waals surface area contributed by atoms with Gasteiger partial charge in [-0.25, -0.2) is 14.4 Å². The minimum Gasteiger partial charge on any atom is -0.480 e. The molecule has 97 heavy (non-hydrogen) atoms. The zero-order valence-electron chi connectivity index (χ0n) is 59.3. The number of ether oxygens (including phenoxy) is 2. The van der Waals surface area contributed by atoms with Gasteiger partial charge in [-0.2, -0.15) is 0 Å². The summed E-state index contributed by atoms with van der Waals surface area (Å²) >= 11 is 0. The molecule has 0 bridgehead atoms. The minimum atomic E-state index is -1.35. The number of hydrogen-bond acceptors (Lipinski definition) is 15. The monoisotopic (exact) mass is 1360 g/mol. The molecule has 0 spiro atoms. The SMILES string of the molecule is CC(C)C[C@H](NC(=O)[C@H](CCCNC(=O)OC(C)(C)C)NC(=O)[C@@H](NC(=O)[C@@H]1CCCN1C(=O)[C@@H](Cc1ccccc1)NC(=O)[C@H](CC(C)C)NC(=O)[C@H](CCCNC(=O)OC(C)(C)C)NC(=O)[C@@H](NC(=O)[C@@H]1CCCN1C(=O)[C@H](N)Cc1ccccc1)C(C)C)C(C)C)C(=O)O. The number of carbonyl (C=O) groups is 12. The second-order valence-corrected chi connectivity index (χ2v) is 28.9. The van der Waals surface area contributed by atoms with Gasteiger partial charge in [0.25, 0.3) is 0 Å². The largest absolute Gasteiger partial charge is 0.480 e. The summed E-state index contributed by atoms with van der Waals surface area (Å²) in [5, 5.41) is 34.6. The molecule has 12 N–H and O–H groups in total. The standard InChI is InChI=1S/C70H110N12O15/c1-41(2)37-50(76-57(83)48(29-21-33-72-67(94)96-69(9,10)11)74-62(88)55(43(5)6)79-60(86)53-31-23-35-81(53)64(90)47(71)39-45-25-17-15-18-26-45)59(85)77-51(40-46-27-19-16-20-28-46)65(91)82-36-24-32-54(82)61(87)80-56(44(7)8)63(89)75-49(30-22-34-73-68(95)97-70(12,13)14)58(84)78-52(66(92)93)38-42(3)4/h15-20,25-28,41-44,47-56H,21-24,29-40,71H2,1-14H3,(H,72,94)(H,73,95)(H,74,88)(H,75,89)(H,76,83)(H,77,85)(H,78,84)(H,79,86)(H,80,87)(H,92,93)/t47-,48+,49+,50+,51-,52+,53+,54+,55+,56+/m1/s1. The van der Waals surface area contributed by atoms with E-state index in [4.69, 9.17) is 15.2 Å². The van der Waals surface area contributed by atoms with E-state index in [0.717, 1.165) is 5.56 Å². The van der Waals surface area contributed by atoms with E-state index in [-0.39, 0.29) is 95.8 Å². The Labute approximate surface area is 571 Å². The van der Waals surface area contributed by atoms with E-state index in [1.165, 1.54) is 9.80 Å². The molecule has 0 aliphatic carbocycles. The molecular weight excluding hydrogens is 1250 g/mol. The van der Waals surface area contributed by atoms with Crippen LogP contribution in [0.2, 0.25) is 0 Å². The molecule has 2 fully saturated rings.